The molecule has 1 unspecified atom stereocenters. The summed E-state index contributed by atoms with van der Waals surface area (Å²) in [6.45, 7) is 7.59. The lowest BCUT2D eigenvalue weighted by atomic mass is 9.69. The van der Waals surface area contributed by atoms with Crippen LogP contribution in [0.5, 0.6) is 0 Å². The van der Waals surface area contributed by atoms with Gasteiger partial charge in [-0.15, -0.1) is 6.58 Å². The van der Waals surface area contributed by atoms with E-state index in [-0.39, 0.29) is 10.8 Å². The van der Waals surface area contributed by atoms with E-state index in [1.807, 2.05) is 6.07 Å². The summed E-state index contributed by atoms with van der Waals surface area (Å²) >= 11 is 6.83. The Morgan fingerprint density at radius 2 is 1.30 bits per heavy atom. The molecule has 0 N–H and O–H groups in total. The molecule has 8 rings (SSSR count). The van der Waals surface area contributed by atoms with E-state index in [9.17, 15) is 0 Å². The average Bonchev–Trinajstić information content (AvgIpc) is 3.57. The van der Waals surface area contributed by atoms with E-state index >= 15 is 0 Å². The molecule has 0 spiro atoms. The molecule has 6 aromatic carbocycles. The van der Waals surface area contributed by atoms with E-state index in [1.54, 1.807) is 0 Å². The molecule has 0 radical (unpaired) electrons. The maximum atomic E-state index is 6.83. The molecule has 0 saturated carbocycles. The van der Waals surface area contributed by atoms with Crippen molar-refractivity contribution in [1.29, 1.82) is 0 Å². The summed E-state index contributed by atoms with van der Waals surface area (Å²) in [5.41, 5.74) is 11.1. The summed E-state index contributed by atoms with van der Waals surface area (Å²) in [5, 5.41) is 3.36. The van der Waals surface area contributed by atoms with Gasteiger partial charge in [0.1, 0.15) is 7.05 Å². The summed E-state index contributed by atoms with van der Waals surface area (Å²) in [5.74, 6) is 0. The summed E-state index contributed by atoms with van der Waals surface area (Å²) in [6, 6.07) is 52.8. The Bertz CT molecular complexity index is 2350. The normalized spacial score (nSPS) is 18.1. The van der Waals surface area contributed by atoms with Crippen molar-refractivity contribution < 1.29 is 4.58 Å². The lowest BCUT2D eigenvalue weighted by molar-refractivity contribution is -0.401. The maximum Gasteiger partial charge on any atom is 0.209 e. The highest BCUT2D eigenvalue weighted by Crippen LogP contribution is 2.55. The molecule has 0 saturated heterocycles. The molecule has 6 aromatic rings. The van der Waals surface area contributed by atoms with Gasteiger partial charge in [-0.3, -0.25) is 0 Å². The number of fused-ring (bicyclic) bond motifs is 4. The first-order valence-corrected chi connectivity index (χ1v) is 19.7. The van der Waals surface area contributed by atoms with E-state index < -0.39 is 0 Å². The molecule has 2 nitrogen and oxygen atoms in total. The second kappa shape index (κ2) is 15.1. The second-order valence-electron chi connectivity index (χ2n) is 15.0. The van der Waals surface area contributed by atoms with E-state index in [2.05, 4.69) is 194 Å². The van der Waals surface area contributed by atoms with E-state index in [4.69, 9.17) is 11.6 Å². The minimum atomic E-state index is -0.340. The summed E-state index contributed by atoms with van der Waals surface area (Å²) in [6.07, 6.45) is 13.7. The van der Waals surface area contributed by atoms with Gasteiger partial charge in [-0.1, -0.05) is 152 Å². The van der Waals surface area contributed by atoms with Crippen LogP contribution < -0.4 is 4.90 Å². The van der Waals surface area contributed by atoms with Gasteiger partial charge in [0.05, 0.1) is 5.41 Å². The van der Waals surface area contributed by atoms with Gasteiger partial charge in [-0.05, 0) is 89.4 Å². The molecular weight excluding hydrogens is 676 g/mol. The van der Waals surface area contributed by atoms with Crippen LogP contribution in [-0.4, -0.2) is 23.9 Å². The van der Waals surface area contributed by atoms with Crippen LogP contribution in [0.3, 0.4) is 0 Å². The van der Waals surface area contributed by atoms with Gasteiger partial charge in [0.2, 0.25) is 5.69 Å². The molecular formula is C51H48ClN2+. The third kappa shape index (κ3) is 6.33. The zero-order valence-corrected chi connectivity index (χ0v) is 32.1. The van der Waals surface area contributed by atoms with E-state index in [0.29, 0.717) is 0 Å². The Morgan fingerprint density at radius 1 is 0.704 bits per heavy atom. The monoisotopic (exact) mass is 723 g/mol. The van der Waals surface area contributed by atoms with Crippen molar-refractivity contribution in [2.45, 2.75) is 49.9 Å². The largest absolute Gasteiger partial charge is 0.344 e. The van der Waals surface area contributed by atoms with Gasteiger partial charge >= 0.3 is 0 Å². The zero-order chi connectivity index (χ0) is 37.1. The van der Waals surface area contributed by atoms with Gasteiger partial charge in [0.15, 0.2) is 5.71 Å². The van der Waals surface area contributed by atoms with Crippen molar-refractivity contribution in [3.8, 4) is 0 Å². The first kappa shape index (κ1) is 35.6. The number of hydrogen-bond donors (Lipinski definition) is 0. The quantitative estimate of drug-likeness (QED) is 0.0900. The molecule has 3 heteroatoms. The zero-order valence-electron chi connectivity index (χ0n) is 31.4. The van der Waals surface area contributed by atoms with Crippen molar-refractivity contribution in [3.63, 3.8) is 0 Å². The summed E-state index contributed by atoms with van der Waals surface area (Å²) in [4.78, 5) is 2.59. The molecule has 1 atom stereocenters. The Hall–Kier alpha value is -5.44. The predicted octanol–water partition coefficient (Wildman–Crippen LogP) is 12.4. The first-order valence-electron chi connectivity index (χ1n) is 19.3. The molecule has 0 amide bonds. The van der Waals surface area contributed by atoms with Gasteiger partial charge in [-0.25, -0.2) is 0 Å². The fraction of sp³-hybridized carbons (Fsp3) is 0.196. The Labute approximate surface area is 326 Å². The molecule has 0 aromatic heterocycles. The average molecular weight is 724 g/mol. The standard InChI is InChI=1S/C51H48ClN2/c1-4-32-50(35-38-18-9-6-10-19-38)48(54(33-5-2)46-30-28-41-24-15-16-25-43(41)49(46)50)27-17-26-47-51(36-39-20-11-7-12-21-39,37-40-22-13-8-14-23-40)44-34-42(52)29-31-45(44)53(47)3/h4,6-31,34H,1,5,32-33,35-37H2,2-3H3/q+1. The molecule has 2 aliphatic rings. The Morgan fingerprint density at radius 3 is 1.91 bits per heavy atom. The van der Waals surface area contributed by atoms with Crippen molar-refractivity contribution in [2.24, 2.45) is 0 Å². The van der Waals surface area contributed by atoms with Crippen LogP contribution in [0.25, 0.3) is 10.8 Å². The number of hydrogen-bond acceptors (Lipinski definition) is 1. The molecule has 0 aliphatic carbocycles. The SMILES string of the molecule is C=CCC1(Cc2ccccc2)/C(=C\C=C\C2=[N+](C)c3ccc(Cl)cc3C2(Cc2ccccc2)Cc2ccccc2)N(CCC)c2ccc3ccccc3c21. The highest BCUT2D eigenvalue weighted by molar-refractivity contribution is 6.30. The predicted molar refractivity (Wildman–Crippen MR) is 230 cm³/mol. The third-order valence-corrected chi connectivity index (χ3v) is 11.9. The van der Waals surface area contributed by atoms with Crippen LogP contribution in [0, 0.1) is 0 Å². The molecule has 2 aliphatic heterocycles. The number of rotatable bonds is 12. The number of allylic oxidation sites excluding steroid dienone is 5. The van der Waals surface area contributed by atoms with Crippen molar-refractivity contribution in [3.05, 3.63) is 215 Å². The smallest absolute Gasteiger partial charge is 0.209 e. The second-order valence-corrected chi connectivity index (χ2v) is 15.4. The fourth-order valence-corrected chi connectivity index (χ4v) is 9.64. The maximum absolute atomic E-state index is 6.83. The number of nitrogens with zero attached hydrogens (tertiary/aromatic N) is 2. The van der Waals surface area contributed by atoms with Gasteiger partial charge in [0, 0.05) is 46.1 Å². The van der Waals surface area contributed by atoms with Crippen molar-refractivity contribution in [1.82, 2.24) is 0 Å². The van der Waals surface area contributed by atoms with E-state index in [1.165, 1.54) is 61.4 Å². The van der Waals surface area contributed by atoms with Gasteiger partial charge < -0.3 is 4.90 Å². The third-order valence-electron chi connectivity index (χ3n) is 11.6. The fourth-order valence-electron chi connectivity index (χ4n) is 9.46. The minimum absolute atomic E-state index is 0.299. The molecule has 268 valence electrons. The van der Waals surface area contributed by atoms with Crippen LogP contribution in [0.1, 0.15) is 47.6 Å². The van der Waals surface area contributed by atoms with Gasteiger partial charge in [-0.2, -0.15) is 4.58 Å². The highest BCUT2D eigenvalue weighted by atomic mass is 35.5. The lowest BCUT2D eigenvalue weighted by Gasteiger charge is -2.34. The topological polar surface area (TPSA) is 6.25 Å². The molecule has 0 bridgehead atoms. The minimum Gasteiger partial charge on any atom is -0.344 e. The molecule has 0 fully saturated rings. The van der Waals surface area contributed by atoms with Crippen molar-refractivity contribution in [2.75, 3.05) is 18.5 Å². The van der Waals surface area contributed by atoms with E-state index in [0.717, 1.165) is 43.7 Å². The van der Waals surface area contributed by atoms with Crippen LogP contribution in [0.2, 0.25) is 5.02 Å². The van der Waals surface area contributed by atoms with Crippen LogP contribution in [0.4, 0.5) is 11.4 Å². The highest BCUT2D eigenvalue weighted by Gasteiger charge is 2.51. The van der Waals surface area contributed by atoms with Crippen LogP contribution in [0.15, 0.2) is 182 Å². The lowest BCUT2D eigenvalue weighted by Crippen LogP contribution is -2.39. The summed E-state index contributed by atoms with van der Waals surface area (Å²) < 4.78 is 2.40. The first-order chi connectivity index (χ1) is 26.5. The number of anilines is 1. The molecule has 54 heavy (non-hydrogen) atoms. The number of benzene rings is 6. The van der Waals surface area contributed by atoms with Crippen LogP contribution >= 0.6 is 11.6 Å². The Kier molecular flexibility index (Phi) is 9.97. The summed E-state index contributed by atoms with van der Waals surface area (Å²) in [7, 11) is 2.22. The van der Waals surface area contributed by atoms with Gasteiger partial charge in [0.25, 0.3) is 0 Å². The van der Waals surface area contributed by atoms with Crippen LogP contribution in [-0.2, 0) is 30.1 Å². The molecule has 2 heterocycles. The number of halogens is 1. The van der Waals surface area contributed by atoms with Crippen molar-refractivity contribution >= 4 is 39.5 Å². The Balaban J connectivity index is 1.33.